The molecule has 1 aromatic rings. The molecule has 0 saturated carbocycles. The van der Waals surface area contributed by atoms with E-state index in [1.165, 1.54) is 43.7 Å². The van der Waals surface area contributed by atoms with Crippen molar-refractivity contribution in [1.29, 1.82) is 0 Å². The van der Waals surface area contributed by atoms with Gasteiger partial charge in [-0.2, -0.15) is 0 Å². The van der Waals surface area contributed by atoms with Crippen LogP contribution in [-0.4, -0.2) is 23.2 Å². The minimum atomic E-state index is -1.30. The fourth-order valence-electron chi connectivity index (χ4n) is 1.27. The van der Waals surface area contributed by atoms with Crippen molar-refractivity contribution >= 4 is 11.8 Å². The molecule has 18 heavy (non-hydrogen) atoms. The van der Waals surface area contributed by atoms with Crippen LogP contribution in [0.5, 0.6) is 0 Å². The molecule has 0 radical (unpaired) electrons. The Kier molecular flexibility index (Phi) is 4.80. The highest BCUT2D eigenvalue weighted by Gasteiger charge is 2.17. The Balaban J connectivity index is 3.35. The molecule has 0 bridgehead atoms. The van der Waals surface area contributed by atoms with Crippen LogP contribution in [0.2, 0.25) is 0 Å². The average Bonchev–Trinajstić information content (AvgIpc) is 2.39. The average molecular weight is 249 g/mol. The zero-order valence-electron chi connectivity index (χ0n) is 9.76. The molecule has 0 aliphatic carbocycles. The van der Waals surface area contributed by atoms with Crippen molar-refractivity contribution < 1.29 is 19.0 Å². The number of carboxylic acids is 1. The Morgan fingerprint density at radius 1 is 1.61 bits per heavy atom. The van der Waals surface area contributed by atoms with Crippen LogP contribution < -0.4 is 0 Å². The monoisotopic (exact) mass is 249 g/mol. The van der Waals surface area contributed by atoms with Gasteiger partial charge in [0.2, 0.25) is 0 Å². The van der Waals surface area contributed by atoms with Gasteiger partial charge in [0, 0.05) is 11.8 Å². The third kappa shape index (κ3) is 3.04. The van der Waals surface area contributed by atoms with Crippen LogP contribution in [0.15, 0.2) is 48.9 Å². The molecular weight excluding hydrogens is 237 g/mol. The van der Waals surface area contributed by atoms with Gasteiger partial charge in [0.25, 0.3) is 0 Å². The fourth-order valence-corrected chi connectivity index (χ4v) is 1.27. The number of allylic oxidation sites excluding steroid dienone is 3. The van der Waals surface area contributed by atoms with Gasteiger partial charge in [-0.05, 0) is 18.2 Å². The van der Waals surface area contributed by atoms with E-state index >= 15 is 0 Å². The lowest BCUT2D eigenvalue weighted by atomic mass is 10.1. The zero-order valence-corrected chi connectivity index (χ0v) is 9.76. The molecule has 0 saturated heterocycles. The Morgan fingerprint density at radius 3 is 2.89 bits per heavy atom. The van der Waals surface area contributed by atoms with E-state index < -0.39 is 11.8 Å². The summed E-state index contributed by atoms with van der Waals surface area (Å²) in [7, 11) is 1.29. The first-order valence-corrected chi connectivity index (χ1v) is 5.03. The van der Waals surface area contributed by atoms with Crippen LogP contribution in [0.25, 0.3) is 5.83 Å². The summed E-state index contributed by atoms with van der Waals surface area (Å²) in [5.41, 5.74) is -0.493. The molecular formula is C13H12FNO3. The summed E-state index contributed by atoms with van der Waals surface area (Å²) >= 11 is 0. The van der Waals surface area contributed by atoms with Gasteiger partial charge in [-0.1, -0.05) is 18.7 Å². The van der Waals surface area contributed by atoms with Crippen molar-refractivity contribution in [3.8, 4) is 0 Å². The van der Waals surface area contributed by atoms with Crippen molar-refractivity contribution in [1.82, 2.24) is 4.98 Å². The molecule has 1 aromatic heterocycles. The van der Waals surface area contributed by atoms with Gasteiger partial charge >= 0.3 is 5.97 Å². The molecule has 1 heterocycles. The number of carbonyl (C=O) groups is 1. The third-order valence-corrected chi connectivity index (χ3v) is 2.07. The molecule has 0 spiro atoms. The summed E-state index contributed by atoms with van der Waals surface area (Å²) in [5, 5.41) is 8.92. The number of ether oxygens (including phenoxy) is 1. The number of aromatic nitrogens is 1. The minimum Gasteiger partial charge on any atom is -0.494 e. The van der Waals surface area contributed by atoms with Gasteiger partial charge in [-0.15, -0.1) is 0 Å². The van der Waals surface area contributed by atoms with Crippen LogP contribution in [-0.2, 0) is 4.74 Å². The highest BCUT2D eigenvalue weighted by Crippen LogP contribution is 2.24. The third-order valence-electron chi connectivity index (χ3n) is 2.07. The minimum absolute atomic E-state index is 0.0922. The maximum Gasteiger partial charge on any atom is 0.355 e. The number of methoxy groups -OCH3 is 1. The molecule has 0 fully saturated rings. The Bertz CT molecular complexity index is 521. The number of nitrogens with zero attached hydrogens (tertiary/aromatic N) is 1. The van der Waals surface area contributed by atoms with Crippen molar-refractivity contribution in [2.75, 3.05) is 7.11 Å². The van der Waals surface area contributed by atoms with Gasteiger partial charge < -0.3 is 9.84 Å². The molecule has 0 atom stereocenters. The zero-order chi connectivity index (χ0) is 13.5. The lowest BCUT2D eigenvalue weighted by Gasteiger charge is -2.06. The first-order valence-electron chi connectivity index (χ1n) is 5.03. The summed E-state index contributed by atoms with van der Waals surface area (Å²) in [6.45, 7) is 3.45. The first kappa shape index (κ1) is 13.6. The SMILES string of the molecule is C=C/C=C\C(OC)=C(/F)c1cccnc1C(=O)O. The van der Waals surface area contributed by atoms with Crippen molar-refractivity contribution in [3.63, 3.8) is 0 Å². The van der Waals surface area contributed by atoms with E-state index in [1.54, 1.807) is 0 Å². The van der Waals surface area contributed by atoms with E-state index in [4.69, 9.17) is 9.84 Å². The van der Waals surface area contributed by atoms with Crippen LogP contribution >= 0.6 is 0 Å². The van der Waals surface area contributed by atoms with Crippen molar-refractivity contribution in [3.05, 3.63) is 60.2 Å². The molecule has 1 N–H and O–H groups in total. The van der Waals surface area contributed by atoms with E-state index in [0.717, 1.165) is 0 Å². The molecule has 0 aromatic carbocycles. The summed E-state index contributed by atoms with van der Waals surface area (Å²) in [5.74, 6) is -2.18. The Labute approximate surface area is 104 Å². The van der Waals surface area contributed by atoms with E-state index in [0.29, 0.717) is 0 Å². The topological polar surface area (TPSA) is 59.4 Å². The Hall–Kier alpha value is -2.43. The van der Waals surface area contributed by atoms with E-state index in [9.17, 15) is 9.18 Å². The first-order chi connectivity index (χ1) is 8.61. The van der Waals surface area contributed by atoms with E-state index in [-0.39, 0.29) is 17.0 Å². The molecule has 94 valence electrons. The molecule has 0 amide bonds. The number of aromatic carboxylic acids is 1. The second-order valence-electron chi connectivity index (χ2n) is 3.18. The smallest absolute Gasteiger partial charge is 0.355 e. The van der Waals surface area contributed by atoms with E-state index in [1.807, 2.05) is 0 Å². The maximum absolute atomic E-state index is 14.1. The van der Waals surface area contributed by atoms with Crippen LogP contribution in [0, 0.1) is 0 Å². The van der Waals surface area contributed by atoms with Crippen molar-refractivity contribution in [2.24, 2.45) is 0 Å². The summed E-state index contributed by atoms with van der Waals surface area (Å²) < 4.78 is 19.0. The van der Waals surface area contributed by atoms with Crippen LogP contribution in [0.3, 0.4) is 0 Å². The summed E-state index contributed by atoms with van der Waals surface area (Å²) in [6.07, 6.45) is 5.57. The standard InChI is InChI=1S/C13H12FNO3/c1-3-4-7-10(18-2)11(14)9-6-5-8-15-12(9)13(16)17/h3-8H,1H2,2H3,(H,16,17)/b7-4-,11-10+. The number of rotatable bonds is 5. The van der Waals surface area contributed by atoms with Gasteiger partial charge in [0.1, 0.15) is 0 Å². The number of hydrogen-bond donors (Lipinski definition) is 1. The molecule has 0 aliphatic heterocycles. The molecule has 5 heteroatoms. The van der Waals surface area contributed by atoms with Crippen LogP contribution in [0.4, 0.5) is 4.39 Å². The fraction of sp³-hybridized carbons (Fsp3) is 0.0769. The number of hydrogen-bond acceptors (Lipinski definition) is 3. The maximum atomic E-state index is 14.1. The van der Waals surface area contributed by atoms with Gasteiger partial charge in [0.15, 0.2) is 17.3 Å². The predicted molar refractivity (Wildman–Crippen MR) is 65.6 cm³/mol. The predicted octanol–water partition coefficient (Wildman–Crippen LogP) is 2.81. The lowest BCUT2D eigenvalue weighted by Crippen LogP contribution is -2.04. The van der Waals surface area contributed by atoms with Gasteiger partial charge in [-0.25, -0.2) is 14.2 Å². The number of halogens is 1. The molecule has 4 nitrogen and oxygen atoms in total. The second-order valence-corrected chi connectivity index (χ2v) is 3.18. The van der Waals surface area contributed by atoms with Crippen LogP contribution in [0.1, 0.15) is 16.1 Å². The number of pyridine rings is 1. The summed E-state index contributed by atoms with van der Waals surface area (Å²) in [6, 6.07) is 2.78. The largest absolute Gasteiger partial charge is 0.494 e. The molecule has 0 aliphatic rings. The highest BCUT2D eigenvalue weighted by molar-refractivity contribution is 5.91. The van der Waals surface area contributed by atoms with Gasteiger partial charge in [0.05, 0.1) is 7.11 Å². The summed E-state index contributed by atoms with van der Waals surface area (Å²) in [4.78, 5) is 14.5. The normalized spacial score (nSPS) is 12.1. The Morgan fingerprint density at radius 2 is 2.33 bits per heavy atom. The lowest BCUT2D eigenvalue weighted by molar-refractivity contribution is 0.0690. The van der Waals surface area contributed by atoms with Crippen molar-refractivity contribution in [2.45, 2.75) is 0 Å². The second kappa shape index (κ2) is 6.34. The van der Waals surface area contributed by atoms with Gasteiger partial charge in [-0.3, -0.25) is 0 Å². The number of carboxylic acid groups (broad SMARTS) is 1. The van der Waals surface area contributed by atoms with E-state index in [2.05, 4.69) is 11.6 Å². The molecule has 1 rings (SSSR count). The quantitative estimate of drug-likeness (QED) is 0.644. The molecule has 0 unspecified atom stereocenters. The highest BCUT2D eigenvalue weighted by atomic mass is 19.1.